The van der Waals surface area contributed by atoms with Gasteiger partial charge in [-0.25, -0.2) is 0 Å². The van der Waals surface area contributed by atoms with Gasteiger partial charge >= 0.3 is 0 Å². The molecule has 4 heteroatoms. The molecule has 0 saturated heterocycles. The molecular formula is C9H12ClNO2. The number of hydrogen-bond donors (Lipinski definition) is 1. The van der Waals surface area contributed by atoms with Gasteiger partial charge in [-0.15, -0.1) is 0 Å². The summed E-state index contributed by atoms with van der Waals surface area (Å²) in [5.41, 5.74) is 6.34. The van der Waals surface area contributed by atoms with E-state index in [1.807, 2.05) is 0 Å². The van der Waals surface area contributed by atoms with Gasteiger partial charge in [0.2, 0.25) is 0 Å². The highest BCUT2D eigenvalue weighted by Gasteiger charge is 2.11. The van der Waals surface area contributed by atoms with Crippen molar-refractivity contribution >= 4 is 11.6 Å². The number of methoxy groups -OCH3 is 2. The van der Waals surface area contributed by atoms with Gasteiger partial charge in [-0.1, -0.05) is 11.6 Å². The van der Waals surface area contributed by atoms with Gasteiger partial charge in [0.1, 0.15) is 11.5 Å². The average Bonchev–Trinajstić information content (AvgIpc) is 2.17. The highest BCUT2D eigenvalue weighted by atomic mass is 35.5. The van der Waals surface area contributed by atoms with Crippen molar-refractivity contribution in [1.29, 1.82) is 0 Å². The van der Waals surface area contributed by atoms with E-state index < -0.39 is 0 Å². The number of halogens is 1. The molecule has 2 N–H and O–H groups in total. The smallest absolute Gasteiger partial charge is 0.145 e. The lowest BCUT2D eigenvalue weighted by Crippen LogP contribution is -2.03. The standard InChI is InChI=1S/C9H12ClNO2/c1-12-8-4-3-7(10)9(13-2)6(8)5-11/h3-4H,5,11H2,1-2H3. The van der Waals surface area contributed by atoms with E-state index in [1.165, 1.54) is 0 Å². The van der Waals surface area contributed by atoms with Crippen molar-refractivity contribution in [2.24, 2.45) is 5.73 Å². The minimum absolute atomic E-state index is 0.340. The van der Waals surface area contributed by atoms with Crippen molar-refractivity contribution in [3.8, 4) is 11.5 Å². The molecule has 0 aliphatic heterocycles. The average molecular weight is 202 g/mol. The fraction of sp³-hybridized carbons (Fsp3) is 0.333. The molecule has 0 radical (unpaired) electrons. The Labute approximate surface area is 82.4 Å². The van der Waals surface area contributed by atoms with Crippen LogP contribution in [0, 0.1) is 0 Å². The molecule has 1 aromatic carbocycles. The van der Waals surface area contributed by atoms with Crippen molar-refractivity contribution in [1.82, 2.24) is 0 Å². The first-order chi connectivity index (χ1) is 6.24. The van der Waals surface area contributed by atoms with Crippen LogP contribution in [-0.4, -0.2) is 14.2 Å². The van der Waals surface area contributed by atoms with Gasteiger partial charge < -0.3 is 15.2 Å². The van der Waals surface area contributed by atoms with Crippen molar-refractivity contribution in [3.05, 3.63) is 22.7 Å². The van der Waals surface area contributed by atoms with Crippen LogP contribution in [-0.2, 0) is 6.54 Å². The second kappa shape index (κ2) is 4.35. The van der Waals surface area contributed by atoms with E-state index in [2.05, 4.69) is 0 Å². The zero-order valence-electron chi connectivity index (χ0n) is 7.63. The van der Waals surface area contributed by atoms with Gasteiger partial charge in [-0.2, -0.15) is 0 Å². The highest BCUT2D eigenvalue weighted by Crippen LogP contribution is 2.34. The van der Waals surface area contributed by atoms with Gasteiger partial charge in [-0.3, -0.25) is 0 Å². The van der Waals surface area contributed by atoms with Crippen molar-refractivity contribution in [3.63, 3.8) is 0 Å². The molecule has 0 atom stereocenters. The molecule has 0 aromatic heterocycles. The summed E-state index contributed by atoms with van der Waals surface area (Å²) in [7, 11) is 3.14. The molecule has 0 aliphatic rings. The Morgan fingerprint density at radius 2 is 2.00 bits per heavy atom. The summed E-state index contributed by atoms with van der Waals surface area (Å²) in [5.74, 6) is 1.28. The van der Waals surface area contributed by atoms with E-state index in [0.717, 1.165) is 5.56 Å². The predicted molar refractivity (Wildman–Crippen MR) is 52.4 cm³/mol. The Morgan fingerprint density at radius 1 is 1.31 bits per heavy atom. The maximum Gasteiger partial charge on any atom is 0.145 e. The highest BCUT2D eigenvalue weighted by molar-refractivity contribution is 6.32. The van der Waals surface area contributed by atoms with Crippen LogP contribution in [0.25, 0.3) is 0 Å². The monoisotopic (exact) mass is 201 g/mol. The summed E-state index contributed by atoms with van der Waals surface area (Å²) in [6, 6.07) is 3.49. The Kier molecular flexibility index (Phi) is 3.39. The third-order valence-corrected chi connectivity index (χ3v) is 2.10. The third kappa shape index (κ3) is 1.87. The molecule has 0 saturated carbocycles. The molecule has 0 aliphatic carbocycles. The zero-order valence-corrected chi connectivity index (χ0v) is 8.39. The van der Waals surface area contributed by atoms with E-state index >= 15 is 0 Å². The molecule has 0 heterocycles. The lowest BCUT2D eigenvalue weighted by atomic mass is 10.2. The molecular weight excluding hydrogens is 190 g/mol. The number of hydrogen-bond acceptors (Lipinski definition) is 3. The normalized spacial score (nSPS) is 9.85. The Hall–Kier alpha value is -0.930. The van der Waals surface area contributed by atoms with Crippen LogP contribution in [0.2, 0.25) is 5.02 Å². The summed E-state index contributed by atoms with van der Waals surface area (Å²) in [6.07, 6.45) is 0. The van der Waals surface area contributed by atoms with Crippen LogP contribution in [0.15, 0.2) is 12.1 Å². The molecule has 1 aromatic rings. The molecule has 0 bridgehead atoms. The van der Waals surface area contributed by atoms with Gasteiger partial charge in [-0.05, 0) is 12.1 Å². The maximum absolute atomic E-state index is 5.90. The lowest BCUT2D eigenvalue weighted by Gasteiger charge is -2.12. The van der Waals surface area contributed by atoms with Crippen molar-refractivity contribution in [2.45, 2.75) is 6.54 Å². The van der Waals surface area contributed by atoms with Crippen LogP contribution in [0.1, 0.15) is 5.56 Å². The van der Waals surface area contributed by atoms with E-state index in [1.54, 1.807) is 26.4 Å². The van der Waals surface area contributed by atoms with Gasteiger partial charge in [0.15, 0.2) is 0 Å². The van der Waals surface area contributed by atoms with Gasteiger partial charge in [0.25, 0.3) is 0 Å². The first kappa shape index (κ1) is 10.2. The zero-order chi connectivity index (χ0) is 9.84. The SMILES string of the molecule is COc1ccc(Cl)c(OC)c1CN. The summed E-state index contributed by atoms with van der Waals surface area (Å²) >= 11 is 5.90. The lowest BCUT2D eigenvalue weighted by molar-refractivity contribution is 0.386. The van der Waals surface area contributed by atoms with Crippen molar-refractivity contribution < 1.29 is 9.47 Å². The molecule has 72 valence electrons. The van der Waals surface area contributed by atoms with Gasteiger partial charge in [0.05, 0.1) is 24.8 Å². The summed E-state index contributed by atoms with van der Waals surface area (Å²) in [4.78, 5) is 0. The largest absolute Gasteiger partial charge is 0.496 e. The van der Waals surface area contributed by atoms with Gasteiger partial charge in [0, 0.05) is 6.54 Å². The van der Waals surface area contributed by atoms with Crippen LogP contribution >= 0.6 is 11.6 Å². The predicted octanol–water partition coefficient (Wildman–Crippen LogP) is 1.82. The maximum atomic E-state index is 5.90. The number of nitrogens with two attached hydrogens (primary N) is 1. The molecule has 3 nitrogen and oxygen atoms in total. The molecule has 0 unspecified atom stereocenters. The molecule has 1 rings (SSSR count). The fourth-order valence-electron chi connectivity index (χ4n) is 1.19. The second-order valence-corrected chi connectivity index (χ2v) is 2.87. The second-order valence-electron chi connectivity index (χ2n) is 2.47. The summed E-state index contributed by atoms with van der Waals surface area (Å²) < 4.78 is 10.2. The number of rotatable bonds is 3. The van der Waals surface area contributed by atoms with E-state index in [4.69, 9.17) is 26.8 Å². The minimum Gasteiger partial charge on any atom is -0.496 e. The van der Waals surface area contributed by atoms with Crippen LogP contribution in [0.3, 0.4) is 0 Å². The van der Waals surface area contributed by atoms with E-state index in [-0.39, 0.29) is 0 Å². The number of ether oxygens (including phenoxy) is 2. The Bertz CT molecular complexity index is 302. The molecule has 0 amide bonds. The summed E-state index contributed by atoms with van der Waals surface area (Å²) in [5, 5.41) is 0.545. The Balaban J connectivity index is 3.27. The van der Waals surface area contributed by atoms with Crippen LogP contribution in [0.4, 0.5) is 0 Å². The van der Waals surface area contributed by atoms with E-state index in [0.29, 0.717) is 23.1 Å². The first-order valence-electron chi connectivity index (χ1n) is 3.84. The molecule has 13 heavy (non-hydrogen) atoms. The molecule has 0 fully saturated rings. The minimum atomic E-state index is 0.340. The Morgan fingerprint density at radius 3 is 2.46 bits per heavy atom. The van der Waals surface area contributed by atoms with E-state index in [9.17, 15) is 0 Å². The fourth-order valence-corrected chi connectivity index (χ4v) is 1.44. The third-order valence-electron chi connectivity index (χ3n) is 1.80. The molecule has 0 spiro atoms. The van der Waals surface area contributed by atoms with Crippen LogP contribution in [0.5, 0.6) is 11.5 Å². The first-order valence-corrected chi connectivity index (χ1v) is 4.21. The van der Waals surface area contributed by atoms with Crippen LogP contribution < -0.4 is 15.2 Å². The number of benzene rings is 1. The quantitative estimate of drug-likeness (QED) is 0.812. The van der Waals surface area contributed by atoms with Crippen molar-refractivity contribution in [2.75, 3.05) is 14.2 Å². The topological polar surface area (TPSA) is 44.5 Å². The summed E-state index contributed by atoms with van der Waals surface area (Å²) in [6.45, 7) is 0.340.